The van der Waals surface area contributed by atoms with E-state index in [1.165, 1.54) is 50.3 Å². The molecule has 0 unspecified atom stereocenters. The molecule has 4 fully saturated rings. The Bertz CT molecular complexity index is 3010. The molecular formula is C41H42ClF8N14O8+. The molecule has 4 aliphatic rings. The van der Waals surface area contributed by atoms with E-state index < -0.39 is 86.0 Å². The number of ether oxygens (including phenoxy) is 6. The van der Waals surface area contributed by atoms with Gasteiger partial charge in [-0.3, -0.25) is 14.6 Å². The molecule has 31 heteroatoms. The summed E-state index contributed by atoms with van der Waals surface area (Å²) in [5.41, 5.74) is -0.605. The van der Waals surface area contributed by atoms with Gasteiger partial charge in [0, 0.05) is 29.4 Å². The minimum absolute atomic E-state index is 0.0275. The number of halogens is 9. The fourth-order valence-electron chi connectivity index (χ4n) is 7.93. The highest BCUT2D eigenvalue weighted by molar-refractivity contribution is 6.29. The molecule has 0 radical (unpaired) electrons. The number of alkyl halides is 8. The van der Waals surface area contributed by atoms with Crippen LogP contribution in [0.5, 0.6) is 0 Å². The highest BCUT2D eigenvalue weighted by atomic mass is 35.5. The fourth-order valence-corrected chi connectivity index (χ4v) is 8.11. The molecule has 2 saturated carbocycles. The Balaban J connectivity index is 0.955. The Hall–Kier alpha value is -6.63. The van der Waals surface area contributed by atoms with Crippen LogP contribution in [0.25, 0.3) is 11.2 Å². The van der Waals surface area contributed by atoms with Gasteiger partial charge >= 0.3 is 36.7 Å². The molecule has 6 aromatic heterocycles. The average Bonchev–Trinajstić information content (AvgIpc) is 3.71. The first-order valence-electron chi connectivity index (χ1n) is 22.1. The highest BCUT2D eigenvalue weighted by Crippen LogP contribution is 2.38. The third kappa shape index (κ3) is 11.2. The maximum Gasteiger partial charge on any atom is 0.522 e. The van der Waals surface area contributed by atoms with E-state index in [4.69, 9.17) is 35.5 Å². The van der Waals surface area contributed by atoms with Crippen LogP contribution in [0.15, 0.2) is 36.7 Å². The van der Waals surface area contributed by atoms with Crippen molar-refractivity contribution >= 4 is 58.4 Å². The molecule has 386 valence electrons. The molecule has 10 rings (SSSR count). The molecule has 6 N–H and O–H groups in total. The molecule has 2 amide bonds. The van der Waals surface area contributed by atoms with Crippen LogP contribution in [0, 0.1) is 0 Å². The second-order valence-corrected chi connectivity index (χ2v) is 18.6. The first-order valence-corrected chi connectivity index (χ1v) is 22.5. The summed E-state index contributed by atoms with van der Waals surface area (Å²) >= 11 is 6.33. The lowest BCUT2D eigenvalue weighted by Crippen LogP contribution is -2.40. The van der Waals surface area contributed by atoms with E-state index in [0.29, 0.717) is 0 Å². The number of hydrogen-bond acceptors (Lipinski definition) is 15. The number of aromatic amines is 2. The second kappa shape index (κ2) is 18.4. The van der Waals surface area contributed by atoms with E-state index in [9.17, 15) is 35.9 Å². The molecule has 72 heavy (non-hydrogen) atoms. The van der Waals surface area contributed by atoms with Gasteiger partial charge in [0.15, 0.2) is 42.7 Å². The topological polar surface area (TPSA) is 246 Å². The summed E-state index contributed by atoms with van der Waals surface area (Å²) in [6.07, 6.45) is -14.8. The number of nitrogens with one attached hydrogen (secondary N) is 6. The van der Waals surface area contributed by atoms with Crippen molar-refractivity contribution in [1.29, 1.82) is 0 Å². The maximum atomic E-state index is 16.2. The number of imidazole rings is 1. The lowest BCUT2D eigenvalue weighted by atomic mass is 10.1. The number of anilines is 4. The van der Waals surface area contributed by atoms with Crippen molar-refractivity contribution in [3.8, 4) is 0 Å². The number of amides is 2. The number of hydrogen-bond donors (Lipinski definition) is 6. The van der Waals surface area contributed by atoms with Crippen molar-refractivity contribution in [3.05, 3.63) is 70.3 Å². The molecule has 6 atom stereocenters. The van der Waals surface area contributed by atoms with Gasteiger partial charge in [0.05, 0.1) is 54.9 Å². The number of H-pyrrole nitrogens is 2. The van der Waals surface area contributed by atoms with Crippen LogP contribution in [-0.2, 0) is 48.2 Å². The zero-order valence-corrected chi connectivity index (χ0v) is 38.3. The quantitative estimate of drug-likeness (QED) is 0.0345. The second-order valence-electron chi connectivity index (χ2n) is 18.2. The van der Waals surface area contributed by atoms with Gasteiger partial charge < -0.3 is 34.9 Å². The van der Waals surface area contributed by atoms with Crippen LogP contribution in [0.3, 0.4) is 0 Å². The van der Waals surface area contributed by atoms with Gasteiger partial charge in [-0.05, 0) is 45.6 Å². The summed E-state index contributed by atoms with van der Waals surface area (Å²) in [6.45, 7) is 0.870. The van der Waals surface area contributed by atoms with Crippen molar-refractivity contribution in [3.63, 3.8) is 0 Å². The van der Waals surface area contributed by atoms with E-state index in [2.05, 4.69) is 61.1 Å². The van der Waals surface area contributed by atoms with Crippen molar-refractivity contribution in [2.45, 2.75) is 120 Å². The fraction of sp³-hybridized carbons (Fsp3) is 0.512. The first kappa shape index (κ1) is 49.0. The third-order valence-corrected chi connectivity index (χ3v) is 12.3. The third-order valence-electron chi connectivity index (χ3n) is 12.2. The lowest BCUT2D eigenvalue weighted by Gasteiger charge is -2.17. The molecule has 0 bridgehead atoms. The van der Waals surface area contributed by atoms with Crippen molar-refractivity contribution in [2.75, 3.05) is 23.8 Å². The van der Waals surface area contributed by atoms with E-state index >= 15 is 8.78 Å². The smallest absolute Gasteiger partial charge is 0.441 e. The Kier molecular flexibility index (Phi) is 12.5. The molecule has 22 nitrogen and oxygen atoms in total. The van der Waals surface area contributed by atoms with Crippen LogP contribution in [0.2, 0.25) is 5.15 Å². The number of carbonyl (C=O) groups excluding carboxylic acids is 2. The predicted molar refractivity (Wildman–Crippen MR) is 227 cm³/mol. The minimum atomic E-state index is -5.00. The molecule has 2 aliphatic carbocycles. The zero-order chi connectivity index (χ0) is 50.9. The normalized spacial score (nSPS) is 23.4. The number of fused-ring (bicyclic) bond motifs is 2. The summed E-state index contributed by atoms with van der Waals surface area (Å²) < 4.78 is 144. The van der Waals surface area contributed by atoms with Gasteiger partial charge in [0.25, 0.3) is 0 Å². The number of alkyl carbamates (subject to hydrolysis) is 2. The SMILES string of the molecule is CC1(NC(=O)O[C@H]2CO[C@@H](c3cc(Nc4nc(C[n+]5[nH]c([C@@H]6OC[C@H](OC(=O)NC7(C)CC7)[C@@H]6F)cc5Nc5nc(Cl)cc6nc(COC(F)(F)F)cn56)cn5nc(COC(F)(F)F)cc45)n[nH]3)[C@H]2F)CC1. The average molecular weight is 1050 g/mol. The van der Waals surface area contributed by atoms with Crippen LogP contribution >= 0.6 is 11.6 Å². The summed E-state index contributed by atoms with van der Waals surface area (Å²) in [5, 5.41) is 25.5. The number of carbonyl (C=O) groups is 2. The van der Waals surface area contributed by atoms with Crippen molar-refractivity contribution in [2.24, 2.45) is 0 Å². The van der Waals surface area contributed by atoms with Crippen LogP contribution in [0.1, 0.15) is 80.2 Å². The van der Waals surface area contributed by atoms with Crippen LogP contribution < -0.4 is 25.9 Å². The summed E-state index contributed by atoms with van der Waals surface area (Å²) in [5.74, 6) is 0.0211. The Labute approximate surface area is 404 Å². The van der Waals surface area contributed by atoms with Gasteiger partial charge in [0.1, 0.15) is 40.8 Å². The van der Waals surface area contributed by atoms with Gasteiger partial charge in [-0.2, -0.15) is 19.9 Å². The van der Waals surface area contributed by atoms with Gasteiger partial charge in [0.2, 0.25) is 0 Å². The summed E-state index contributed by atoms with van der Waals surface area (Å²) in [7, 11) is 0. The minimum Gasteiger partial charge on any atom is -0.441 e. The maximum absolute atomic E-state index is 16.2. The highest BCUT2D eigenvalue weighted by Gasteiger charge is 2.47. The Morgan fingerprint density at radius 3 is 2.03 bits per heavy atom. The largest absolute Gasteiger partial charge is 0.522 e. The predicted octanol–water partition coefficient (Wildman–Crippen LogP) is 6.49. The lowest BCUT2D eigenvalue weighted by molar-refractivity contribution is -0.730. The van der Waals surface area contributed by atoms with E-state index in [0.717, 1.165) is 25.7 Å². The van der Waals surface area contributed by atoms with Gasteiger partial charge in [-0.15, -0.1) is 26.3 Å². The van der Waals surface area contributed by atoms with E-state index in [1.54, 1.807) is 0 Å². The summed E-state index contributed by atoms with van der Waals surface area (Å²) in [4.78, 5) is 38.2. The zero-order valence-electron chi connectivity index (χ0n) is 37.5. The molecule has 0 spiro atoms. The van der Waals surface area contributed by atoms with E-state index in [-0.39, 0.29) is 87.9 Å². The van der Waals surface area contributed by atoms with Gasteiger partial charge in [-0.25, -0.2) is 47.7 Å². The molecule has 2 aliphatic heterocycles. The van der Waals surface area contributed by atoms with Crippen LogP contribution in [-0.4, -0.2) is 118 Å². The molecular weight excluding hydrogens is 1000 g/mol. The van der Waals surface area contributed by atoms with Crippen molar-refractivity contribution in [1.82, 2.24) is 54.9 Å². The molecule has 2 saturated heterocycles. The number of nitrogens with zero attached hydrogens (tertiary/aromatic N) is 8. The monoisotopic (exact) mass is 1050 g/mol. The first-order chi connectivity index (χ1) is 34.0. The molecule has 8 heterocycles. The Morgan fingerprint density at radius 1 is 0.806 bits per heavy atom. The van der Waals surface area contributed by atoms with Crippen LogP contribution in [0.4, 0.5) is 68.1 Å². The van der Waals surface area contributed by atoms with Crippen molar-refractivity contribution < 1.29 is 77.8 Å². The molecule has 0 aromatic carbocycles. The standard InChI is InChI=1S/C41H41ClF8N14O8/c1-38(3-4-38)56-36(65)71-24-16-67-32(30(24)43)21-8-27(59-58-21)54-34-23-7-18(14-69-40(45,46)47)60-63(23)12-19(52-34)13-64-29(55-35-53-26(42)10-28-51-20(11-62(28)35)15-70-41(48,49)50)9-22(61-64)33-31(44)25(17-68-33)72-37(66)57-39(2)5-6-39/h7-12,24-25,30-33H,3-6,13-17H2,1-2H3,(H5,51,52,53,54,55,56,57,58,59,60,61,65,66)/p+1/t24-,25-,30-,31-,32-,33-/m0/s1. The van der Waals surface area contributed by atoms with E-state index in [1.807, 2.05) is 13.8 Å². The van der Waals surface area contributed by atoms with Gasteiger partial charge in [-0.1, -0.05) is 11.6 Å². The Morgan fingerprint density at radius 2 is 1.42 bits per heavy atom. The summed E-state index contributed by atoms with van der Waals surface area (Å²) in [6, 6.07) is 5.38. The number of aromatic nitrogens is 10. The number of rotatable bonds is 16. The molecule has 6 aromatic rings.